The van der Waals surface area contributed by atoms with Crippen LogP contribution in [0.4, 0.5) is 26.3 Å². The molecule has 44 heavy (non-hydrogen) atoms. The smallest absolute Gasteiger partial charge is 0.493 e. The van der Waals surface area contributed by atoms with Crippen LogP contribution in [0.3, 0.4) is 0 Å². The van der Waals surface area contributed by atoms with E-state index in [1.807, 2.05) is 0 Å². The van der Waals surface area contributed by atoms with E-state index in [9.17, 15) is 41.7 Å². The van der Waals surface area contributed by atoms with Gasteiger partial charge in [0, 0.05) is 0 Å². The van der Waals surface area contributed by atoms with Crippen LogP contribution in [0.2, 0.25) is 0 Å². The van der Waals surface area contributed by atoms with E-state index in [2.05, 4.69) is 18.9 Å². The molecular formula is C25H38F6O13. The first-order valence-corrected chi connectivity index (χ1v) is 13.0. The molecule has 0 aromatic heterocycles. The molecule has 0 aliphatic carbocycles. The molecule has 0 bridgehead atoms. The molecule has 13 nitrogen and oxygen atoms in total. The summed E-state index contributed by atoms with van der Waals surface area (Å²) in [7, 11) is 1.46. The summed E-state index contributed by atoms with van der Waals surface area (Å²) in [6.07, 6.45) is -18.7. The molecule has 0 aliphatic heterocycles. The lowest BCUT2D eigenvalue weighted by Gasteiger charge is -2.26. The molecule has 0 heterocycles. The van der Waals surface area contributed by atoms with Crippen molar-refractivity contribution in [3.8, 4) is 11.5 Å². The number of methoxy groups -OCH3 is 1. The Kier molecular flexibility index (Phi) is 19.0. The lowest BCUT2D eigenvalue weighted by atomic mass is 10.3. The van der Waals surface area contributed by atoms with Gasteiger partial charge in [0.05, 0.1) is 66.6 Å². The summed E-state index contributed by atoms with van der Waals surface area (Å²) in [6.45, 7) is -7.20. The Bertz CT molecular complexity index is 887. The Hall–Kier alpha value is -2.04. The van der Waals surface area contributed by atoms with Crippen molar-refractivity contribution in [2.75, 3.05) is 86.4 Å². The maximum Gasteiger partial charge on any atom is 0.495 e. The van der Waals surface area contributed by atoms with Crippen molar-refractivity contribution < 1.29 is 89.4 Å². The van der Waals surface area contributed by atoms with Gasteiger partial charge in [0.25, 0.3) is 0 Å². The highest BCUT2D eigenvalue weighted by Gasteiger charge is 2.52. The van der Waals surface area contributed by atoms with Gasteiger partial charge in [-0.3, -0.25) is 0 Å². The van der Waals surface area contributed by atoms with Crippen LogP contribution >= 0.6 is 0 Å². The van der Waals surface area contributed by atoms with Gasteiger partial charge in [-0.1, -0.05) is 12.1 Å². The average Bonchev–Trinajstić information content (AvgIpc) is 2.92. The third-order valence-corrected chi connectivity index (χ3v) is 4.74. The highest BCUT2D eigenvalue weighted by atomic mass is 19.3. The predicted octanol–water partition coefficient (Wildman–Crippen LogP) is 1.00. The molecule has 0 spiro atoms. The quantitative estimate of drug-likeness (QED) is 0.0601. The summed E-state index contributed by atoms with van der Waals surface area (Å²) in [6, 6.07) is 6.78. The van der Waals surface area contributed by atoms with Crippen LogP contribution in [-0.2, 0) is 33.2 Å². The Morgan fingerprint density at radius 3 is 1.64 bits per heavy atom. The standard InChI is InChI=1S/C25H38F6O13/c1-36-21-4-2-3-5-22(21)42-15-20(35)13-40-12-18(33)11-38-8-9-39-16-23(26,27)43-25(30,31)44-24(28,29)17-41-14-19(34)10-37-7-6-32/h2-5,18-20,32-35H,6-17H2,1H3. The Balaban J connectivity index is 2.19. The van der Waals surface area contributed by atoms with Gasteiger partial charge >= 0.3 is 18.5 Å². The summed E-state index contributed by atoms with van der Waals surface area (Å²) in [4.78, 5) is 0. The van der Waals surface area contributed by atoms with E-state index < -0.39 is 69.9 Å². The maximum atomic E-state index is 13.7. The van der Waals surface area contributed by atoms with Crippen LogP contribution in [0, 0.1) is 0 Å². The largest absolute Gasteiger partial charge is 0.495 e. The van der Waals surface area contributed by atoms with Crippen LogP contribution in [-0.4, -0.2) is 144 Å². The molecule has 0 amide bonds. The number of rotatable bonds is 27. The van der Waals surface area contributed by atoms with Crippen LogP contribution in [0.15, 0.2) is 24.3 Å². The Morgan fingerprint density at radius 2 is 1.07 bits per heavy atom. The lowest BCUT2D eigenvalue weighted by Crippen LogP contribution is -2.44. The highest BCUT2D eigenvalue weighted by molar-refractivity contribution is 5.39. The second-order valence-electron chi connectivity index (χ2n) is 8.84. The van der Waals surface area contributed by atoms with Gasteiger partial charge in [-0.25, -0.2) is 9.47 Å². The predicted molar refractivity (Wildman–Crippen MR) is 135 cm³/mol. The minimum absolute atomic E-state index is 0.123. The maximum absolute atomic E-state index is 13.7. The molecular weight excluding hydrogens is 622 g/mol. The third-order valence-electron chi connectivity index (χ3n) is 4.74. The first-order valence-electron chi connectivity index (χ1n) is 13.0. The monoisotopic (exact) mass is 660 g/mol. The number of alkyl halides is 6. The van der Waals surface area contributed by atoms with E-state index in [1.165, 1.54) is 7.11 Å². The van der Waals surface area contributed by atoms with Crippen molar-refractivity contribution in [3.05, 3.63) is 24.3 Å². The van der Waals surface area contributed by atoms with Gasteiger partial charge in [-0.15, -0.1) is 8.78 Å². The molecule has 0 fully saturated rings. The minimum Gasteiger partial charge on any atom is -0.493 e. The zero-order chi connectivity index (χ0) is 33.1. The van der Waals surface area contributed by atoms with E-state index >= 15 is 0 Å². The highest BCUT2D eigenvalue weighted by Crippen LogP contribution is 2.33. The number of hydrogen-bond donors (Lipinski definition) is 4. The van der Waals surface area contributed by atoms with Crippen molar-refractivity contribution in [3.63, 3.8) is 0 Å². The van der Waals surface area contributed by atoms with E-state index in [4.69, 9.17) is 28.8 Å². The van der Waals surface area contributed by atoms with Crippen molar-refractivity contribution >= 4 is 0 Å². The molecule has 0 aliphatic rings. The Morgan fingerprint density at radius 1 is 0.614 bits per heavy atom. The molecule has 19 heteroatoms. The topological polar surface area (TPSA) is 164 Å². The first-order chi connectivity index (χ1) is 20.7. The number of para-hydroxylation sites is 2. The summed E-state index contributed by atoms with van der Waals surface area (Å²) >= 11 is 0. The van der Waals surface area contributed by atoms with Gasteiger partial charge in [0.2, 0.25) is 0 Å². The molecule has 1 aromatic carbocycles. The second kappa shape index (κ2) is 20.9. The molecule has 3 atom stereocenters. The fourth-order valence-corrected chi connectivity index (χ4v) is 2.96. The van der Waals surface area contributed by atoms with Crippen molar-refractivity contribution in [2.45, 2.75) is 36.8 Å². The number of hydrogen-bond acceptors (Lipinski definition) is 13. The zero-order valence-electron chi connectivity index (χ0n) is 23.8. The number of halogens is 6. The van der Waals surface area contributed by atoms with Crippen LogP contribution in [0.1, 0.15) is 0 Å². The number of aliphatic hydroxyl groups excluding tert-OH is 4. The average molecular weight is 661 g/mol. The summed E-state index contributed by atoms with van der Waals surface area (Å²) in [5.41, 5.74) is 0. The molecule has 1 rings (SSSR count). The van der Waals surface area contributed by atoms with Crippen molar-refractivity contribution in [1.82, 2.24) is 0 Å². The van der Waals surface area contributed by atoms with Gasteiger partial charge in [0.1, 0.15) is 38.1 Å². The van der Waals surface area contributed by atoms with Crippen LogP contribution in [0.25, 0.3) is 0 Å². The summed E-state index contributed by atoms with van der Waals surface area (Å²) < 4.78 is 122. The summed E-state index contributed by atoms with van der Waals surface area (Å²) in [5, 5.41) is 37.6. The lowest BCUT2D eigenvalue weighted by molar-refractivity contribution is -0.518. The van der Waals surface area contributed by atoms with Crippen LogP contribution < -0.4 is 9.47 Å². The van der Waals surface area contributed by atoms with Crippen molar-refractivity contribution in [1.29, 1.82) is 0 Å². The SMILES string of the molecule is COc1ccccc1OCC(O)COCC(O)COCCOCC(F)(F)OC(F)(F)OC(F)(F)COCC(O)COCCO. The van der Waals surface area contributed by atoms with E-state index in [1.54, 1.807) is 24.3 Å². The van der Waals surface area contributed by atoms with E-state index in [-0.39, 0.29) is 46.2 Å². The normalized spacial score (nSPS) is 14.8. The third kappa shape index (κ3) is 19.4. The molecule has 0 saturated carbocycles. The van der Waals surface area contributed by atoms with Crippen molar-refractivity contribution in [2.24, 2.45) is 0 Å². The molecule has 0 radical (unpaired) electrons. The second-order valence-corrected chi connectivity index (χ2v) is 8.84. The molecule has 0 saturated heterocycles. The number of benzene rings is 1. The van der Waals surface area contributed by atoms with Gasteiger partial charge in [-0.05, 0) is 12.1 Å². The fourth-order valence-electron chi connectivity index (χ4n) is 2.96. The van der Waals surface area contributed by atoms with Gasteiger partial charge < -0.3 is 53.6 Å². The Labute approximate surface area is 249 Å². The zero-order valence-corrected chi connectivity index (χ0v) is 23.8. The van der Waals surface area contributed by atoms with E-state index in [0.29, 0.717) is 11.5 Å². The fraction of sp³-hybridized carbons (Fsp3) is 0.760. The van der Waals surface area contributed by atoms with Crippen LogP contribution in [0.5, 0.6) is 11.5 Å². The van der Waals surface area contributed by atoms with Gasteiger partial charge in [-0.2, -0.15) is 17.6 Å². The molecule has 258 valence electrons. The molecule has 3 unspecified atom stereocenters. The number of aliphatic hydroxyl groups is 4. The molecule has 4 N–H and O–H groups in total. The van der Waals surface area contributed by atoms with Gasteiger partial charge in [0.15, 0.2) is 11.5 Å². The molecule has 1 aromatic rings. The number of ether oxygens (including phenoxy) is 9. The summed E-state index contributed by atoms with van der Waals surface area (Å²) in [5.74, 6) is 0.884. The van der Waals surface area contributed by atoms with E-state index in [0.717, 1.165) is 0 Å². The first kappa shape index (κ1) is 40.0. The minimum atomic E-state index is -5.46.